The number of halogens is 3. The minimum Gasteiger partial charge on any atom is -0.450 e. The molecule has 0 saturated carbocycles. The Morgan fingerprint density at radius 3 is 2.46 bits per heavy atom. The van der Waals surface area contributed by atoms with Crippen molar-refractivity contribution < 1.29 is 27.3 Å². The van der Waals surface area contributed by atoms with Gasteiger partial charge in [-0.15, -0.1) is 11.8 Å². The van der Waals surface area contributed by atoms with Crippen LogP contribution in [0.2, 0.25) is 0 Å². The number of hydrogen-bond acceptors (Lipinski definition) is 3. The summed E-state index contributed by atoms with van der Waals surface area (Å²) in [6.45, 7) is 3.99. The number of carbonyl (C=O) groups excluding carboxylic acids is 1. The molecule has 35 heavy (non-hydrogen) atoms. The Balaban J connectivity index is 1.55. The van der Waals surface area contributed by atoms with Crippen molar-refractivity contribution in [2.45, 2.75) is 31.3 Å². The summed E-state index contributed by atoms with van der Waals surface area (Å²) in [4.78, 5) is 13.8. The molecule has 0 unspecified atom stereocenters. The number of nitrogens with zero attached hydrogens (tertiary/aromatic N) is 1. The van der Waals surface area contributed by atoms with E-state index >= 15 is 0 Å². The van der Waals surface area contributed by atoms with Crippen molar-refractivity contribution in [3.63, 3.8) is 0 Å². The quantitative estimate of drug-likeness (QED) is 0.260. The molecule has 0 bridgehead atoms. The van der Waals surface area contributed by atoms with Gasteiger partial charge in [0.1, 0.15) is 5.75 Å². The Morgan fingerprint density at radius 2 is 1.83 bits per heavy atom. The zero-order valence-corrected chi connectivity index (χ0v) is 20.0. The maximum Gasteiger partial charge on any atom is 0.416 e. The molecule has 0 aliphatic carbocycles. The van der Waals surface area contributed by atoms with Crippen LogP contribution in [0.4, 0.5) is 24.5 Å². The number of anilines is 1. The van der Waals surface area contributed by atoms with E-state index in [0.717, 1.165) is 34.1 Å². The third-order valence-corrected chi connectivity index (χ3v) is 6.23. The van der Waals surface area contributed by atoms with Gasteiger partial charge in [0.2, 0.25) is 11.7 Å². The van der Waals surface area contributed by atoms with Crippen molar-refractivity contribution in [1.29, 1.82) is 0 Å². The summed E-state index contributed by atoms with van der Waals surface area (Å²) in [5.74, 6) is 1.15. The zero-order valence-electron chi connectivity index (χ0n) is 19.2. The van der Waals surface area contributed by atoms with Crippen LogP contribution in [0.25, 0.3) is 0 Å². The highest BCUT2D eigenvalue weighted by molar-refractivity contribution is 7.99. The Hall–Kier alpha value is -3.52. The fourth-order valence-electron chi connectivity index (χ4n) is 3.56. The topological polar surface area (TPSA) is 41.3 Å². The van der Waals surface area contributed by atoms with E-state index in [-0.39, 0.29) is 18.1 Å². The number of alkyl halides is 3. The van der Waals surface area contributed by atoms with Gasteiger partial charge in [0.15, 0.2) is 11.9 Å². The van der Waals surface area contributed by atoms with Gasteiger partial charge in [-0.25, -0.2) is 0 Å². The normalized spacial score (nSPS) is 12.9. The Labute approximate surface area is 206 Å². The molecule has 4 nitrogen and oxygen atoms in total. The predicted molar refractivity (Wildman–Crippen MR) is 133 cm³/mol. The van der Waals surface area contributed by atoms with E-state index in [1.807, 2.05) is 48.0 Å². The van der Waals surface area contributed by atoms with Crippen LogP contribution in [0, 0.1) is 0 Å². The summed E-state index contributed by atoms with van der Waals surface area (Å²) in [5.41, 5.74) is 2.19. The number of benzene rings is 3. The van der Waals surface area contributed by atoms with Gasteiger partial charge in [0.25, 0.3) is 5.69 Å². The van der Waals surface area contributed by atoms with Crippen LogP contribution < -0.4 is 10.1 Å². The smallest absolute Gasteiger partial charge is 0.416 e. The fraction of sp³-hybridized carbons (Fsp3) is 0.185. The molecule has 1 amide bonds. The van der Waals surface area contributed by atoms with Crippen LogP contribution in [0.1, 0.15) is 25.0 Å². The van der Waals surface area contributed by atoms with Crippen LogP contribution in [-0.4, -0.2) is 21.9 Å². The molecule has 8 heteroatoms. The molecule has 1 aliphatic rings. The summed E-state index contributed by atoms with van der Waals surface area (Å²) in [7, 11) is 0. The third-order valence-electron chi connectivity index (χ3n) is 5.34. The molecule has 1 aliphatic heterocycles. The van der Waals surface area contributed by atoms with Crippen molar-refractivity contribution >= 4 is 34.8 Å². The first kappa shape index (κ1) is 24.6. The maximum atomic E-state index is 13.2. The highest BCUT2D eigenvalue weighted by atomic mass is 32.2. The Morgan fingerprint density at radius 1 is 1.06 bits per heavy atom. The second-order valence-electron chi connectivity index (χ2n) is 7.94. The summed E-state index contributed by atoms with van der Waals surface area (Å²) >= 11 is 1.73. The maximum absolute atomic E-state index is 13.2. The first-order chi connectivity index (χ1) is 16.7. The molecule has 180 valence electrons. The van der Waals surface area contributed by atoms with E-state index < -0.39 is 11.7 Å². The van der Waals surface area contributed by atoms with Gasteiger partial charge in [0.05, 0.1) is 18.1 Å². The molecule has 1 N–H and O–H groups in total. The standard InChI is InChI=1S/C27H23F3N2O2S/c1-3-35-23-10-7-19(8-11-23)15-26(33)31-21-9-12-24(32-14-13-18(32)2)25(17-21)34-22-6-4-5-20(16-22)27(28,29)30/h4-14,16-17H,3,15H2,1-2H3/p+1. The van der Waals surface area contributed by atoms with E-state index in [1.165, 1.54) is 12.1 Å². The van der Waals surface area contributed by atoms with Crippen LogP contribution in [0.15, 0.2) is 83.9 Å². The molecule has 3 aromatic rings. The summed E-state index contributed by atoms with van der Waals surface area (Å²) < 4.78 is 47.2. The SMILES string of the molecule is CCSc1ccc(CC(=O)Nc2ccc([N+]3=C(C)C=C3)c(Oc3cccc(C(F)(F)F)c3)c2)cc1. The molecule has 0 aromatic heterocycles. The molecule has 3 aromatic carbocycles. The predicted octanol–water partition coefficient (Wildman–Crippen LogP) is 7.42. The molecular weight excluding hydrogens is 473 g/mol. The average Bonchev–Trinajstić information content (AvgIpc) is 2.81. The number of allylic oxidation sites excluding steroid dienone is 1. The van der Waals surface area contributed by atoms with Crippen molar-refractivity contribution in [1.82, 2.24) is 0 Å². The highest BCUT2D eigenvalue weighted by Crippen LogP contribution is 2.38. The van der Waals surface area contributed by atoms with E-state index in [9.17, 15) is 18.0 Å². The Kier molecular flexibility index (Phi) is 7.31. The lowest BCUT2D eigenvalue weighted by Crippen LogP contribution is -2.16. The number of hydrogen-bond donors (Lipinski definition) is 1. The third kappa shape index (κ3) is 6.14. The summed E-state index contributed by atoms with van der Waals surface area (Å²) in [6.07, 6.45) is -0.531. The number of nitrogens with one attached hydrogen (secondary N) is 1. The second-order valence-corrected chi connectivity index (χ2v) is 9.28. The molecule has 0 atom stereocenters. The molecule has 0 saturated heterocycles. The number of carbonyl (C=O) groups is 1. The molecule has 4 rings (SSSR count). The lowest BCUT2D eigenvalue weighted by Gasteiger charge is -2.14. The van der Waals surface area contributed by atoms with Gasteiger partial charge in [-0.05, 0) is 47.7 Å². The number of rotatable bonds is 8. The van der Waals surface area contributed by atoms with Crippen LogP contribution in [-0.2, 0) is 17.4 Å². The van der Waals surface area contributed by atoms with Gasteiger partial charge < -0.3 is 10.1 Å². The molecular formula is C27H24F3N2O2S+. The lowest BCUT2D eigenvalue weighted by atomic mass is 10.1. The van der Waals surface area contributed by atoms with Crippen molar-refractivity contribution in [2.24, 2.45) is 0 Å². The summed E-state index contributed by atoms with van der Waals surface area (Å²) in [5, 5.41) is 2.86. The highest BCUT2D eigenvalue weighted by Gasteiger charge is 2.31. The van der Waals surface area contributed by atoms with Gasteiger partial charge in [0, 0.05) is 29.6 Å². The molecule has 0 radical (unpaired) electrons. The van der Waals surface area contributed by atoms with Gasteiger partial charge in [-0.1, -0.05) is 25.1 Å². The number of ether oxygens (including phenoxy) is 1. The molecule has 0 spiro atoms. The first-order valence-electron chi connectivity index (χ1n) is 11.0. The zero-order chi connectivity index (χ0) is 25.0. The van der Waals surface area contributed by atoms with E-state index in [4.69, 9.17) is 4.74 Å². The molecule has 0 fully saturated rings. The van der Waals surface area contributed by atoms with Crippen LogP contribution in [0.5, 0.6) is 11.5 Å². The minimum atomic E-state index is -4.48. The second kappa shape index (κ2) is 10.4. The summed E-state index contributed by atoms with van der Waals surface area (Å²) in [6, 6.07) is 17.7. The first-order valence-corrected chi connectivity index (χ1v) is 12.0. The van der Waals surface area contributed by atoms with Crippen LogP contribution in [0.3, 0.4) is 0 Å². The van der Waals surface area contributed by atoms with E-state index in [1.54, 1.807) is 30.0 Å². The van der Waals surface area contributed by atoms with Crippen LogP contribution >= 0.6 is 11.8 Å². The van der Waals surface area contributed by atoms with Crippen molar-refractivity contribution in [2.75, 3.05) is 11.1 Å². The van der Waals surface area contributed by atoms with Gasteiger partial charge in [-0.2, -0.15) is 17.7 Å². The molecule has 1 heterocycles. The monoisotopic (exact) mass is 497 g/mol. The fourth-order valence-corrected chi connectivity index (χ4v) is 4.23. The number of thioether (sulfide) groups is 1. The van der Waals surface area contributed by atoms with Gasteiger partial charge in [-0.3, -0.25) is 4.79 Å². The van der Waals surface area contributed by atoms with Gasteiger partial charge >= 0.3 is 6.18 Å². The van der Waals surface area contributed by atoms with Crippen molar-refractivity contribution in [3.05, 3.63) is 90.1 Å². The average molecular weight is 498 g/mol. The van der Waals surface area contributed by atoms with E-state index in [0.29, 0.717) is 17.1 Å². The van der Waals surface area contributed by atoms with E-state index in [2.05, 4.69) is 12.2 Å². The Bertz CT molecular complexity index is 1300. The minimum absolute atomic E-state index is 0.0525. The lowest BCUT2D eigenvalue weighted by molar-refractivity contribution is -0.372. The van der Waals surface area contributed by atoms with Crippen molar-refractivity contribution in [3.8, 4) is 11.5 Å². The largest absolute Gasteiger partial charge is 0.450 e. The number of amides is 1.